The lowest BCUT2D eigenvalue weighted by atomic mass is 10.1. The second-order valence-corrected chi connectivity index (χ2v) is 4.17. The van der Waals surface area contributed by atoms with Crippen LogP contribution in [0.25, 0.3) is 0 Å². The van der Waals surface area contributed by atoms with Crippen molar-refractivity contribution in [2.24, 2.45) is 4.99 Å². The largest absolute Gasteiger partial charge is 0.506 e. The highest BCUT2D eigenvalue weighted by Gasteiger charge is 2.07. The fraction of sp³-hybridized carbons (Fsp3) is 0.133. The number of Topliss-reactive ketones (excluding diaryl/α,β-unsaturated/α-hetero) is 1. The second kappa shape index (κ2) is 5.91. The number of carbonyl (C=O) groups excluding carboxylic acids is 1. The maximum absolute atomic E-state index is 12.0. The summed E-state index contributed by atoms with van der Waals surface area (Å²) in [6.07, 6.45) is 3.39. The van der Waals surface area contributed by atoms with Crippen LogP contribution in [0.1, 0.15) is 23.7 Å². The zero-order valence-electron chi connectivity index (χ0n) is 10.6. The molecule has 0 bridgehead atoms. The lowest BCUT2D eigenvalue weighted by molar-refractivity contribution is 0.100. The molecule has 0 fully saturated rings. The number of phenols is 1. The van der Waals surface area contributed by atoms with Gasteiger partial charge < -0.3 is 5.11 Å². The van der Waals surface area contributed by atoms with Gasteiger partial charge in [-0.1, -0.05) is 12.1 Å². The summed E-state index contributed by atoms with van der Waals surface area (Å²) in [5.74, 6) is 0.0947. The highest BCUT2D eigenvalue weighted by Crippen LogP contribution is 2.25. The Kier molecular flexibility index (Phi) is 4.03. The minimum absolute atomic E-state index is 0.0147. The molecule has 96 valence electrons. The topological polar surface area (TPSA) is 62.5 Å². The summed E-state index contributed by atoms with van der Waals surface area (Å²) in [6.45, 7) is 1.77. The lowest BCUT2D eigenvalue weighted by Gasteiger charge is -2.02. The molecule has 0 spiro atoms. The molecule has 0 unspecified atom stereocenters. The van der Waals surface area contributed by atoms with Gasteiger partial charge in [0.05, 0.1) is 0 Å². The maximum atomic E-state index is 12.0. The third-order valence-corrected chi connectivity index (χ3v) is 2.61. The Bertz CT molecular complexity index is 607. The first kappa shape index (κ1) is 13.0. The van der Waals surface area contributed by atoms with E-state index in [1.54, 1.807) is 55.7 Å². The molecular weight excluding hydrogens is 240 g/mol. The van der Waals surface area contributed by atoms with Crippen molar-refractivity contribution in [1.82, 2.24) is 4.98 Å². The molecule has 0 aliphatic carbocycles. The first-order valence-electron chi connectivity index (χ1n) is 5.92. The molecule has 19 heavy (non-hydrogen) atoms. The molecule has 2 rings (SSSR count). The molecule has 0 saturated carbocycles. The number of hydrogen-bond donors (Lipinski definition) is 1. The first-order chi connectivity index (χ1) is 9.16. The Morgan fingerprint density at radius 2 is 1.89 bits per heavy atom. The number of nitrogens with zero attached hydrogens (tertiary/aromatic N) is 2. The zero-order valence-corrected chi connectivity index (χ0v) is 10.6. The van der Waals surface area contributed by atoms with Crippen molar-refractivity contribution in [3.63, 3.8) is 0 Å². The average molecular weight is 254 g/mol. The number of phenolic OH excluding ortho intramolecular Hbond substituents is 1. The molecule has 0 radical (unpaired) electrons. The van der Waals surface area contributed by atoms with E-state index in [-0.39, 0.29) is 18.0 Å². The Morgan fingerprint density at radius 3 is 2.58 bits per heavy atom. The number of aromatic hydroxyl groups is 1. The monoisotopic (exact) mass is 254 g/mol. The van der Waals surface area contributed by atoms with Gasteiger partial charge >= 0.3 is 0 Å². The van der Waals surface area contributed by atoms with Gasteiger partial charge in [-0.05, 0) is 31.2 Å². The second-order valence-electron chi connectivity index (χ2n) is 4.17. The van der Waals surface area contributed by atoms with Gasteiger partial charge in [-0.2, -0.15) is 0 Å². The summed E-state index contributed by atoms with van der Waals surface area (Å²) < 4.78 is 0. The normalized spacial score (nSPS) is 11.3. The molecule has 0 aliphatic heterocycles. The number of para-hydroxylation sites is 2. The van der Waals surface area contributed by atoms with Crippen molar-refractivity contribution in [3.05, 3.63) is 54.4 Å². The third-order valence-electron chi connectivity index (χ3n) is 2.61. The number of ketones is 1. The zero-order chi connectivity index (χ0) is 13.7. The number of aromatic nitrogens is 1. The van der Waals surface area contributed by atoms with Crippen molar-refractivity contribution >= 4 is 17.2 Å². The van der Waals surface area contributed by atoms with Crippen LogP contribution in [0.4, 0.5) is 5.69 Å². The van der Waals surface area contributed by atoms with Crippen LogP contribution in [-0.4, -0.2) is 21.6 Å². The Morgan fingerprint density at radius 1 is 1.21 bits per heavy atom. The Labute approximate surface area is 111 Å². The van der Waals surface area contributed by atoms with Gasteiger partial charge in [0.25, 0.3) is 0 Å². The fourth-order valence-electron chi connectivity index (χ4n) is 1.68. The Balaban J connectivity index is 2.12. The van der Waals surface area contributed by atoms with E-state index in [1.807, 2.05) is 0 Å². The molecule has 4 nitrogen and oxygen atoms in total. The standard InChI is InChI=1S/C15H14N2O2/c1-11(17-13-4-2-3-5-14(13)18)10-15(19)12-6-8-16-9-7-12/h2-9,18H,10H2,1H3. The van der Waals surface area contributed by atoms with Crippen molar-refractivity contribution in [1.29, 1.82) is 0 Å². The number of pyridine rings is 1. The van der Waals surface area contributed by atoms with Gasteiger partial charge in [0.15, 0.2) is 5.78 Å². The smallest absolute Gasteiger partial charge is 0.168 e. The first-order valence-corrected chi connectivity index (χ1v) is 5.92. The number of benzene rings is 1. The molecule has 1 aromatic heterocycles. The van der Waals surface area contributed by atoms with Crippen LogP contribution in [0.5, 0.6) is 5.75 Å². The molecule has 0 amide bonds. The van der Waals surface area contributed by atoms with Gasteiger partial charge in [-0.15, -0.1) is 0 Å². The molecular formula is C15H14N2O2. The van der Waals surface area contributed by atoms with Gasteiger partial charge in [0.2, 0.25) is 0 Å². The number of aliphatic imine (C=N–C) groups is 1. The summed E-state index contributed by atoms with van der Waals surface area (Å²) in [6, 6.07) is 10.1. The number of carbonyl (C=O) groups is 1. The molecule has 0 aliphatic rings. The molecule has 1 aromatic carbocycles. The quantitative estimate of drug-likeness (QED) is 0.673. The van der Waals surface area contributed by atoms with Crippen LogP contribution < -0.4 is 0 Å². The van der Waals surface area contributed by atoms with Crippen LogP contribution in [0.15, 0.2) is 53.8 Å². The molecule has 4 heteroatoms. The number of rotatable bonds is 4. The van der Waals surface area contributed by atoms with Crippen LogP contribution in [-0.2, 0) is 0 Å². The average Bonchev–Trinajstić information content (AvgIpc) is 2.42. The van der Waals surface area contributed by atoms with E-state index in [4.69, 9.17) is 0 Å². The Hall–Kier alpha value is -2.49. The summed E-state index contributed by atoms with van der Waals surface area (Å²) in [7, 11) is 0. The summed E-state index contributed by atoms with van der Waals surface area (Å²) in [4.78, 5) is 20.1. The maximum Gasteiger partial charge on any atom is 0.168 e. The van der Waals surface area contributed by atoms with Crippen molar-refractivity contribution in [2.75, 3.05) is 0 Å². The predicted octanol–water partition coefficient (Wildman–Crippen LogP) is 3.15. The van der Waals surface area contributed by atoms with E-state index in [1.165, 1.54) is 0 Å². The highest BCUT2D eigenvalue weighted by molar-refractivity contribution is 6.09. The SMILES string of the molecule is CC(CC(=O)c1ccncc1)=Nc1ccccc1O. The minimum atomic E-state index is -0.0147. The van der Waals surface area contributed by atoms with Crippen molar-refractivity contribution < 1.29 is 9.90 Å². The fourth-order valence-corrected chi connectivity index (χ4v) is 1.68. The van der Waals surface area contributed by atoms with Gasteiger partial charge in [-0.25, -0.2) is 0 Å². The number of hydrogen-bond acceptors (Lipinski definition) is 4. The van der Waals surface area contributed by atoms with Gasteiger partial charge in [-0.3, -0.25) is 14.8 Å². The highest BCUT2D eigenvalue weighted by atomic mass is 16.3. The van der Waals surface area contributed by atoms with Crippen molar-refractivity contribution in [2.45, 2.75) is 13.3 Å². The van der Waals surface area contributed by atoms with Gasteiger partial charge in [0, 0.05) is 30.1 Å². The van der Waals surface area contributed by atoms with E-state index >= 15 is 0 Å². The molecule has 0 saturated heterocycles. The third kappa shape index (κ3) is 3.48. The van der Waals surface area contributed by atoms with E-state index in [0.29, 0.717) is 17.0 Å². The molecule has 1 N–H and O–H groups in total. The van der Waals surface area contributed by atoms with E-state index < -0.39 is 0 Å². The van der Waals surface area contributed by atoms with Crippen LogP contribution in [0.2, 0.25) is 0 Å². The summed E-state index contributed by atoms with van der Waals surface area (Å²) in [5.41, 5.74) is 1.74. The van der Waals surface area contributed by atoms with E-state index in [0.717, 1.165) is 0 Å². The molecule has 0 atom stereocenters. The van der Waals surface area contributed by atoms with E-state index in [9.17, 15) is 9.90 Å². The minimum Gasteiger partial charge on any atom is -0.506 e. The van der Waals surface area contributed by atoms with Crippen LogP contribution in [0, 0.1) is 0 Å². The van der Waals surface area contributed by atoms with Gasteiger partial charge in [0.1, 0.15) is 11.4 Å². The van der Waals surface area contributed by atoms with Crippen molar-refractivity contribution in [3.8, 4) is 5.75 Å². The summed E-state index contributed by atoms with van der Waals surface area (Å²) in [5, 5.41) is 9.61. The predicted molar refractivity (Wildman–Crippen MR) is 74.1 cm³/mol. The molecule has 2 aromatic rings. The van der Waals surface area contributed by atoms with E-state index in [2.05, 4.69) is 9.98 Å². The molecule has 1 heterocycles. The summed E-state index contributed by atoms with van der Waals surface area (Å²) >= 11 is 0. The van der Waals surface area contributed by atoms with Crippen LogP contribution in [0.3, 0.4) is 0 Å². The van der Waals surface area contributed by atoms with Crippen LogP contribution >= 0.6 is 0 Å². The lowest BCUT2D eigenvalue weighted by Crippen LogP contribution is -2.05.